The SMILES string of the molecule is Cc1c(Cl)nnc(NC2(C)CCCC2)c1C. The molecule has 1 aromatic rings. The predicted octanol–water partition coefficient (Wildman–Crippen LogP) is 3.49. The van der Waals surface area contributed by atoms with Gasteiger partial charge in [-0.1, -0.05) is 24.4 Å². The van der Waals surface area contributed by atoms with Crippen molar-refractivity contribution in [3.8, 4) is 0 Å². The normalized spacial score (nSPS) is 18.8. The molecule has 0 bridgehead atoms. The van der Waals surface area contributed by atoms with Crippen LogP contribution in [0.5, 0.6) is 0 Å². The molecule has 16 heavy (non-hydrogen) atoms. The van der Waals surface area contributed by atoms with E-state index < -0.39 is 0 Å². The van der Waals surface area contributed by atoms with E-state index in [1.54, 1.807) is 0 Å². The molecule has 1 fully saturated rings. The quantitative estimate of drug-likeness (QED) is 0.859. The summed E-state index contributed by atoms with van der Waals surface area (Å²) in [6.45, 7) is 6.27. The number of nitrogens with one attached hydrogen (secondary N) is 1. The molecule has 1 aliphatic rings. The Morgan fingerprint density at radius 1 is 1.12 bits per heavy atom. The third-order valence-electron chi connectivity index (χ3n) is 3.59. The van der Waals surface area contributed by atoms with Gasteiger partial charge in [-0.25, -0.2) is 0 Å². The van der Waals surface area contributed by atoms with Gasteiger partial charge in [-0.3, -0.25) is 0 Å². The zero-order valence-corrected chi connectivity index (χ0v) is 10.9. The lowest BCUT2D eigenvalue weighted by atomic mass is 10.0. The van der Waals surface area contributed by atoms with Gasteiger partial charge < -0.3 is 5.32 Å². The second-order valence-electron chi connectivity index (χ2n) is 4.98. The highest BCUT2D eigenvalue weighted by atomic mass is 35.5. The fraction of sp³-hybridized carbons (Fsp3) is 0.667. The molecule has 1 aliphatic carbocycles. The van der Waals surface area contributed by atoms with Crippen LogP contribution in [-0.2, 0) is 0 Å². The number of halogens is 1. The molecule has 0 amide bonds. The van der Waals surface area contributed by atoms with E-state index in [1.165, 1.54) is 25.7 Å². The Morgan fingerprint density at radius 2 is 1.75 bits per heavy atom. The summed E-state index contributed by atoms with van der Waals surface area (Å²) in [6, 6.07) is 0. The first-order chi connectivity index (χ1) is 7.52. The third kappa shape index (κ3) is 2.14. The lowest BCUT2D eigenvalue weighted by Gasteiger charge is -2.26. The van der Waals surface area contributed by atoms with Crippen molar-refractivity contribution in [1.29, 1.82) is 0 Å². The molecule has 1 saturated carbocycles. The van der Waals surface area contributed by atoms with Crippen molar-refractivity contribution in [2.24, 2.45) is 0 Å². The van der Waals surface area contributed by atoms with Gasteiger partial charge in [-0.05, 0) is 44.7 Å². The standard InChI is InChI=1S/C12H18ClN3/c1-8-9(2)11(16-15-10(8)13)14-12(3)6-4-5-7-12/h4-7H2,1-3H3,(H,14,16). The molecule has 1 heterocycles. The Bertz CT molecular complexity index is 397. The van der Waals surface area contributed by atoms with E-state index in [0.29, 0.717) is 5.15 Å². The molecule has 1 N–H and O–H groups in total. The Labute approximate surface area is 102 Å². The highest BCUT2D eigenvalue weighted by molar-refractivity contribution is 6.30. The number of hydrogen-bond donors (Lipinski definition) is 1. The molecule has 0 aromatic carbocycles. The number of anilines is 1. The molecule has 3 nitrogen and oxygen atoms in total. The molecule has 1 aromatic heterocycles. The molecule has 2 rings (SSSR count). The molecule has 0 spiro atoms. The van der Waals surface area contributed by atoms with E-state index in [1.807, 2.05) is 13.8 Å². The molecular formula is C12H18ClN3. The summed E-state index contributed by atoms with van der Waals surface area (Å²) in [5.74, 6) is 0.881. The van der Waals surface area contributed by atoms with Gasteiger partial charge in [0.15, 0.2) is 11.0 Å². The Morgan fingerprint density at radius 3 is 2.38 bits per heavy atom. The van der Waals surface area contributed by atoms with Crippen molar-refractivity contribution < 1.29 is 0 Å². The van der Waals surface area contributed by atoms with E-state index >= 15 is 0 Å². The van der Waals surface area contributed by atoms with E-state index in [9.17, 15) is 0 Å². The smallest absolute Gasteiger partial charge is 0.155 e. The average Bonchev–Trinajstić information content (AvgIpc) is 2.67. The van der Waals surface area contributed by atoms with Gasteiger partial charge in [0, 0.05) is 5.54 Å². The summed E-state index contributed by atoms with van der Waals surface area (Å²) in [4.78, 5) is 0. The Hall–Kier alpha value is -0.830. The zero-order chi connectivity index (χ0) is 11.8. The second-order valence-corrected chi connectivity index (χ2v) is 5.34. The highest BCUT2D eigenvalue weighted by Crippen LogP contribution is 2.33. The van der Waals surface area contributed by atoms with Crippen molar-refractivity contribution in [3.05, 3.63) is 16.3 Å². The summed E-state index contributed by atoms with van der Waals surface area (Å²) in [5, 5.41) is 12.1. The molecule has 0 aliphatic heterocycles. The number of nitrogens with zero attached hydrogens (tertiary/aromatic N) is 2. The first kappa shape index (κ1) is 11.6. The Kier molecular flexibility index (Phi) is 3.06. The van der Waals surface area contributed by atoms with Gasteiger partial charge in [0.2, 0.25) is 0 Å². The van der Waals surface area contributed by atoms with Crippen LogP contribution in [0.2, 0.25) is 5.15 Å². The average molecular weight is 240 g/mol. The molecule has 0 unspecified atom stereocenters. The third-order valence-corrected chi connectivity index (χ3v) is 3.95. The lowest BCUT2D eigenvalue weighted by molar-refractivity contribution is 0.529. The topological polar surface area (TPSA) is 37.8 Å². The van der Waals surface area contributed by atoms with Gasteiger partial charge in [0.05, 0.1) is 0 Å². The number of rotatable bonds is 2. The molecule has 0 radical (unpaired) electrons. The second kappa shape index (κ2) is 4.21. The minimum Gasteiger partial charge on any atom is -0.363 e. The minimum atomic E-state index is 0.180. The summed E-state index contributed by atoms with van der Waals surface area (Å²) in [7, 11) is 0. The van der Waals surface area contributed by atoms with Crippen molar-refractivity contribution in [2.75, 3.05) is 5.32 Å². The van der Waals surface area contributed by atoms with Crippen molar-refractivity contribution in [1.82, 2.24) is 10.2 Å². The first-order valence-corrected chi connectivity index (χ1v) is 6.17. The van der Waals surface area contributed by atoms with Crippen LogP contribution in [-0.4, -0.2) is 15.7 Å². The van der Waals surface area contributed by atoms with Crippen molar-refractivity contribution >= 4 is 17.4 Å². The Balaban J connectivity index is 2.25. The predicted molar refractivity (Wildman–Crippen MR) is 67.0 cm³/mol. The minimum absolute atomic E-state index is 0.180. The van der Waals surface area contributed by atoms with Gasteiger partial charge in [-0.2, -0.15) is 0 Å². The van der Waals surface area contributed by atoms with Crippen LogP contribution < -0.4 is 5.32 Å². The van der Waals surface area contributed by atoms with Crippen LogP contribution in [0, 0.1) is 13.8 Å². The first-order valence-electron chi connectivity index (χ1n) is 5.79. The van der Waals surface area contributed by atoms with E-state index in [2.05, 4.69) is 22.4 Å². The fourth-order valence-corrected chi connectivity index (χ4v) is 2.44. The van der Waals surface area contributed by atoms with Gasteiger partial charge in [0.25, 0.3) is 0 Å². The van der Waals surface area contributed by atoms with Gasteiger partial charge in [0.1, 0.15) is 0 Å². The summed E-state index contributed by atoms with van der Waals surface area (Å²) in [5.41, 5.74) is 2.30. The molecule has 88 valence electrons. The lowest BCUT2D eigenvalue weighted by Crippen LogP contribution is -2.32. The summed E-state index contributed by atoms with van der Waals surface area (Å²) >= 11 is 5.94. The maximum absolute atomic E-state index is 5.94. The fourth-order valence-electron chi connectivity index (χ4n) is 2.26. The van der Waals surface area contributed by atoms with Crippen LogP contribution in [0.25, 0.3) is 0 Å². The summed E-state index contributed by atoms with van der Waals surface area (Å²) in [6.07, 6.45) is 5.00. The molecule has 0 saturated heterocycles. The van der Waals surface area contributed by atoms with Crippen LogP contribution in [0.3, 0.4) is 0 Å². The highest BCUT2D eigenvalue weighted by Gasteiger charge is 2.29. The van der Waals surface area contributed by atoms with Crippen molar-refractivity contribution in [2.45, 2.75) is 52.0 Å². The maximum Gasteiger partial charge on any atom is 0.155 e. The summed E-state index contributed by atoms with van der Waals surface area (Å²) < 4.78 is 0. The maximum atomic E-state index is 5.94. The molecule has 0 atom stereocenters. The monoisotopic (exact) mass is 239 g/mol. The molecule has 4 heteroatoms. The van der Waals surface area contributed by atoms with Gasteiger partial charge in [-0.15, -0.1) is 10.2 Å². The van der Waals surface area contributed by atoms with E-state index in [4.69, 9.17) is 11.6 Å². The van der Waals surface area contributed by atoms with Crippen LogP contribution in [0.15, 0.2) is 0 Å². The van der Waals surface area contributed by atoms with E-state index in [-0.39, 0.29) is 5.54 Å². The van der Waals surface area contributed by atoms with Crippen LogP contribution in [0.4, 0.5) is 5.82 Å². The largest absolute Gasteiger partial charge is 0.363 e. The molecular weight excluding hydrogens is 222 g/mol. The number of aromatic nitrogens is 2. The van der Waals surface area contributed by atoms with Crippen LogP contribution >= 0.6 is 11.6 Å². The van der Waals surface area contributed by atoms with Gasteiger partial charge >= 0.3 is 0 Å². The zero-order valence-electron chi connectivity index (χ0n) is 10.1. The number of hydrogen-bond acceptors (Lipinski definition) is 3. The van der Waals surface area contributed by atoms with Crippen molar-refractivity contribution in [3.63, 3.8) is 0 Å². The van der Waals surface area contributed by atoms with E-state index in [0.717, 1.165) is 16.9 Å². The van der Waals surface area contributed by atoms with Crippen LogP contribution in [0.1, 0.15) is 43.7 Å².